The van der Waals surface area contributed by atoms with Gasteiger partial charge in [0.25, 0.3) is 0 Å². The third-order valence-electron chi connectivity index (χ3n) is 4.05. The lowest BCUT2D eigenvalue weighted by Crippen LogP contribution is -2.32. The topological polar surface area (TPSA) is 112 Å². The van der Waals surface area contributed by atoms with Crippen LogP contribution in [0.3, 0.4) is 0 Å². The molecule has 0 atom stereocenters. The summed E-state index contributed by atoms with van der Waals surface area (Å²) in [4.78, 5) is 30.7. The summed E-state index contributed by atoms with van der Waals surface area (Å²) in [6.07, 6.45) is 1.37. The fourth-order valence-electron chi connectivity index (χ4n) is 2.74. The Morgan fingerprint density at radius 2 is 1.85 bits per heavy atom. The van der Waals surface area contributed by atoms with Crippen molar-refractivity contribution >= 4 is 28.2 Å². The molecule has 3 N–H and O–H groups in total. The minimum atomic E-state index is -0.652. The molecule has 8 heteroatoms. The second-order valence-electron chi connectivity index (χ2n) is 5.67. The lowest BCUT2D eigenvalue weighted by Gasteiger charge is -1.99. The minimum absolute atomic E-state index is 0.118. The van der Waals surface area contributed by atoms with Gasteiger partial charge in [-0.05, 0) is 48.0 Å². The number of aromatic amines is 2. The van der Waals surface area contributed by atoms with Crippen LogP contribution in [0.15, 0.2) is 57.2 Å². The number of benzene rings is 2. The number of aromatic hydroxyl groups is 1. The SMILES string of the molecule is COc1ccc2[nH]c3c(=O)n(/N=C/c4ccc(O)cc4)c(=O)[nH]c3c2c1. The van der Waals surface area contributed by atoms with E-state index in [0.29, 0.717) is 27.7 Å². The number of ether oxygens (including phenoxy) is 1. The molecule has 0 spiro atoms. The van der Waals surface area contributed by atoms with Crippen molar-refractivity contribution in [2.75, 3.05) is 7.11 Å². The predicted molar refractivity (Wildman–Crippen MR) is 98.3 cm³/mol. The second-order valence-corrected chi connectivity index (χ2v) is 5.67. The molecular weight excluding hydrogens is 336 g/mol. The Morgan fingerprint density at radius 1 is 1.08 bits per heavy atom. The normalized spacial score (nSPS) is 11.6. The Balaban J connectivity index is 1.89. The molecule has 4 rings (SSSR count). The molecule has 0 saturated heterocycles. The van der Waals surface area contributed by atoms with E-state index in [4.69, 9.17) is 4.74 Å². The summed E-state index contributed by atoms with van der Waals surface area (Å²) in [5, 5.41) is 13.9. The molecule has 0 saturated carbocycles. The van der Waals surface area contributed by atoms with Crippen LogP contribution < -0.4 is 16.0 Å². The summed E-state index contributed by atoms with van der Waals surface area (Å²) in [5.74, 6) is 0.737. The van der Waals surface area contributed by atoms with E-state index in [9.17, 15) is 14.7 Å². The van der Waals surface area contributed by atoms with E-state index < -0.39 is 11.2 Å². The first-order chi connectivity index (χ1) is 12.6. The number of nitrogens with zero attached hydrogens (tertiary/aromatic N) is 2. The second kappa shape index (κ2) is 5.92. The minimum Gasteiger partial charge on any atom is -0.508 e. The van der Waals surface area contributed by atoms with Crippen LogP contribution in [0.1, 0.15) is 5.56 Å². The highest BCUT2D eigenvalue weighted by Gasteiger charge is 2.13. The van der Waals surface area contributed by atoms with E-state index in [1.54, 1.807) is 37.4 Å². The van der Waals surface area contributed by atoms with Crippen LogP contribution in [0.25, 0.3) is 21.9 Å². The number of phenols is 1. The Bertz CT molecular complexity index is 1260. The third kappa shape index (κ3) is 2.53. The maximum absolute atomic E-state index is 12.7. The van der Waals surface area contributed by atoms with Crippen molar-refractivity contribution in [2.45, 2.75) is 0 Å². The summed E-state index contributed by atoms with van der Waals surface area (Å²) < 4.78 is 5.94. The van der Waals surface area contributed by atoms with Gasteiger partial charge in [0.05, 0.1) is 18.8 Å². The zero-order valence-electron chi connectivity index (χ0n) is 13.7. The van der Waals surface area contributed by atoms with E-state index >= 15 is 0 Å². The standard InChI is InChI=1S/C18H14N4O4/c1-26-12-6-7-14-13(8-12)15-16(20-14)17(24)22(18(25)21-15)19-9-10-2-4-11(23)5-3-10/h2-9,20,23H,1H3,(H,21,25)/b19-9+. The van der Waals surface area contributed by atoms with Crippen LogP contribution in [-0.4, -0.2) is 33.1 Å². The van der Waals surface area contributed by atoms with E-state index in [2.05, 4.69) is 15.1 Å². The Morgan fingerprint density at radius 3 is 2.58 bits per heavy atom. The van der Waals surface area contributed by atoms with E-state index in [1.807, 2.05) is 0 Å². The summed E-state index contributed by atoms with van der Waals surface area (Å²) in [6.45, 7) is 0. The highest BCUT2D eigenvalue weighted by Crippen LogP contribution is 2.25. The summed E-state index contributed by atoms with van der Waals surface area (Å²) in [5.41, 5.74) is 0.778. The highest BCUT2D eigenvalue weighted by atomic mass is 16.5. The maximum atomic E-state index is 12.7. The quantitative estimate of drug-likeness (QED) is 0.489. The molecule has 0 aliphatic heterocycles. The van der Waals surface area contributed by atoms with Gasteiger partial charge in [-0.2, -0.15) is 5.10 Å². The van der Waals surface area contributed by atoms with Crippen molar-refractivity contribution in [2.24, 2.45) is 5.10 Å². The Hall–Kier alpha value is -3.81. The molecule has 130 valence electrons. The largest absolute Gasteiger partial charge is 0.508 e. The molecule has 0 unspecified atom stereocenters. The molecule has 0 fully saturated rings. The Kier molecular flexibility index (Phi) is 3.58. The first kappa shape index (κ1) is 15.7. The predicted octanol–water partition coefficient (Wildman–Crippen LogP) is 1.77. The van der Waals surface area contributed by atoms with Gasteiger partial charge < -0.3 is 19.8 Å². The number of phenolic OH excluding ortho intramolecular Hbond substituents is 1. The summed E-state index contributed by atoms with van der Waals surface area (Å²) in [6, 6.07) is 11.5. The molecule has 0 aliphatic rings. The van der Waals surface area contributed by atoms with Crippen molar-refractivity contribution in [3.63, 3.8) is 0 Å². The summed E-state index contributed by atoms with van der Waals surface area (Å²) >= 11 is 0. The lowest BCUT2D eigenvalue weighted by molar-refractivity contribution is 0.415. The van der Waals surface area contributed by atoms with Gasteiger partial charge in [-0.15, -0.1) is 4.68 Å². The molecular formula is C18H14N4O4. The number of methoxy groups -OCH3 is 1. The molecule has 0 aliphatic carbocycles. The number of fused-ring (bicyclic) bond motifs is 3. The van der Waals surface area contributed by atoms with Crippen molar-refractivity contribution in [3.8, 4) is 11.5 Å². The van der Waals surface area contributed by atoms with Gasteiger partial charge in [0, 0.05) is 10.9 Å². The van der Waals surface area contributed by atoms with Crippen LogP contribution in [0.2, 0.25) is 0 Å². The van der Waals surface area contributed by atoms with Crippen LogP contribution in [-0.2, 0) is 0 Å². The zero-order chi connectivity index (χ0) is 18.3. The van der Waals surface area contributed by atoms with Gasteiger partial charge in [-0.3, -0.25) is 4.79 Å². The first-order valence-corrected chi connectivity index (χ1v) is 7.75. The zero-order valence-corrected chi connectivity index (χ0v) is 13.7. The van der Waals surface area contributed by atoms with Crippen molar-refractivity contribution in [1.29, 1.82) is 0 Å². The number of hydrogen-bond donors (Lipinski definition) is 3. The number of nitrogens with one attached hydrogen (secondary N) is 2. The molecule has 8 nitrogen and oxygen atoms in total. The van der Waals surface area contributed by atoms with Crippen molar-refractivity contribution in [1.82, 2.24) is 14.6 Å². The third-order valence-corrected chi connectivity index (χ3v) is 4.05. The fraction of sp³-hybridized carbons (Fsp3) is 0.0556. The van der Waals surface area contributed by atoms with Gasteiger partial charge in [0.1, 0.15) is 17.0 Å². The summed E-state index contributed by atoms with van der Waals surface area (Å²) in [7, 11) is 1.55. The number of H-pyrrole nitrogens is 2. The highest BCUT2D eigenvalue weighted by molar-refractivity contribution is 6.04. The van der Waals surface area contributed by atoms with Crippen molar-refractivity contribution < 1.29 is 9.84 Å². The van der Waals surface area contributed by atoms with Gasteiger partial charge in [-0.1, -0.05) is 0 Å². The van der Waals surface area contributed by atoms with Gasteiger partial charge in [0.15, 0.2) is 0 Å². The molecule has 0 bridgehead atoms. The number of hydrogen-bond acceptors (Lipinski definition) is 5. The van der Waals surface area contributed by atoms with Crippen LogP contribution in [0.4, 0.5) is 0 Å². The number of aromatic nitrogens is 3. The van der Waals surface area contributed by atoms with Crippen molar-refractivity contribution in [3.05, 3.63) is 68.9 Å². The lowest BCUT2D eigenvalue weighted by atomic mass is 10.2. The van der Waals surface area contributed by atoms with Gasteiger partial charge in [0.2, 0.25) is 0 Å². The van der Waals surface area contributed by atoms with Crippen LogP contribution >= 0.6 is 0 Å². The average Bonchev–Trinajstić information content (AvgIpc) is 3.01. The molecule has 0 amide bonds. The molecule has 2 heterocycles. The maximum Gasteiger partial charge on any atom is 0.350 e. The molecule has 0 radical (unpaired) electrons. The van der Waals surface area contributed by atoms with E-state index in [1.165, 1.54) is 18.3 Å². The van der Waals surface area contributed by atoms with Gasteiger partial charge in [-0.25, -0.2) is 4.79 Å². The molecule has 2 aromatic carbocycles. The van der Waals surface area contributed by atoms with E-state index in [-0.39, 0.29) is 11.3 Å². The smallest absolute Gasteiger partial charge is 0.350 e. The molecule has 4 aromatic rings. The average molecular weight is 350 g/mol. The first-order valence-electron chi connectivity index (χ1n) is 7.75. The molecule has 2 aromatic heterocycles. The van der Waals surface area contributed by atoms with Crippen LogP contribution in [0.5, 0.6) is 11.5 Å². The Labute approximate surface area is 146 Å². The molecule has 26 heavy (non-hydrogen) atoms. The fourth-order valence-corrected chi connectivity index (χ4v) is 2.74. The van der Waals surface area contributed by atoms with E-state index in [0.717, 1.165) is 4.68 Å². The number of rotatable bonds is 3. The van der Waals surface area contributed by atoms with Gasteiger partial charge >= 0.3 is 11.2 Å². The monoisotopic (exact) mass is 350 g/mol. The van der Waals surface area contributed by atoms with Crippen LogP contribution in [0, 0.1) is 0 Å².